The molecule has 0 unspecified atom stereocenters. The molecule has 0 aliphatic carbocycles. The summed E-state index contributed by atoms with van der Waals surface area (Å²) in [6.07, 6.45) is 0. The van der Waals surface area contributed by atoms with Gasteiger partial charge in [0.15, 0.2) is 0 Å². The van der Waals surface area contributed by atoms with Crippen molar-refractivity contribution in [2.75, 3.05) is 0 Å². The summed E-state index contributed by atoms with van der Waals surface area (Å²) in [6.45, 7) is 0. The number of nitrogens with zero attached hydrogens (tertiary/aromatic N) is 6. The summed E-state index contributed by atoms with van der Waals surface area (Å²) >= 11 is 0. The van der Waals surface area contributed by atoms with E-state index in [0.29, 0.717) is 0 Å². The summed E-state index contributed by atoms with van der Waals surface area (Å²) in [5, 5.41) is 81.8. The fourth-order valence-electron chi connectivity index (χ4n) is 0. The first-order valence-corrected chi connectivity index (χ1v) is 3.39. The normalized spacial score (nSPS) is 5.76. The van der Waals surface area contributed by atoms with E-state index in [2.05, 4.69) is 0 Å². The van der Waals surface area contributed by atoms with Gasteiger partial charge in [-0.3, -0.25) is 0 Å². The number of hydrogen-bond acceptors (Lipinski definition) is 12. The summed E-state index contributed by atoms with van der Waals surface area (Å²) in [5.41, 5.74) is 0. The van der Waals surface area contributed by atoms with Crippen molar-refractivity contribution in [3.05, 3.63) is 60.7 Å². The van der Waals surface area contributed by atoms with Crippen LogP contribution in [0.2, 0.25) is 0 Å². The van der Waals surface area contributed by atoms with Crippen LogP contribution in [-0.4, -0.2) is 61.8 Å². The molecule has 0 amide bonds. The predicted octanol–water partition coefficient (Wildman–Crippen LogP) is -2.09. The van der Waals surface area contributed by atoms with Gasteiger partial charge in [-0.1, -0.05) is 0 Å². The Morgan fingerprint density at radius 1 is 0.360 bits per heavy atom. The van der Waals surface area contributed by atoms with E-state index >= 15 is 0 Å². The number of hydrogen-bond donors (Lipinski definition) is 6. The molecule has 6 N–H and O–H groups in total. The van der Waals surface area contributed by atoms with E-state index in [9.17, 15) is 0 Å². The predicted molar refractivity (Wildman–Crippen MR) is 52.7 cm³/mol. The third kappa shape index (κ3) is 361. The van der Waals surface area contributed by atoms with Crippen LogP contribution in [0.3, 0.4) is 0 Å². The van der Waals surface area contributed by atoms with Crippen molar-refractivity contribution in [1.82, 2.24) is 0 Å². The van der Waals surface area contributed by atoms with Gasteiger partial charge >= 0.3 is 0 Å². The zero-order valence-corrected chi connectivity index (χ0v) is 12.2. The van der Waals surface area contributed by atoms with Gasteiger partial charge in [0, 0.05) is 19.5 Å². The van der Waals surface area contributed by atoms with E-state index in [1.54, 1.807) is 0 Å². The van der Waals surface area contributed by atoms with E-state index in [1.165, 1.54) is 0 Å². The van der Waals surface area contributed by atoms with Gasteiger partial charge in [-0.25, -0.2) is 0 Å². The summed E-state index contributed by atoms with van der Waals surface area (Å²) < 4.78 is 0. The van der Waals surface area contributed by atoms with Crippen molar-refractivity contribution < 1.29 is 81.2 Å². The van der Waals surface area contributed by atoms with Crippen molar-refractivity contribution in [1.29, 1.82) is 0 Å². The van der Waals surface area contributed by atoms with E-state index < -0.39 is 30.5 Å². The molecule has 25 heteroatoms. The summed E-state index contributed by atoms with van der Waals surface area (Å²) in [4.78, 5) is 50.2. The maximum absolute atomic E-state index is 8.36. The van der Waals surface area contributed by atoms with Gasteiger partial charge in [0.2, 0.25) is 0 Å². The van der Waals surface area contributed by atoms with E-state index in [4.69, 9.17) is 91.9 Å². The third-order valence-corrected chi connectivity index (χ3v) is 0. The van der Waals surface area contributed by atoms with Crippen LogP contribution in [0.1, 0.15) is 0 Å². The smallest absolute Gasteiger partial charge is 0.291 e. The molecular formula is H6N6O18Rh. The molecule has 0 fully saturated rings. The molecule has 24 nitrogen and oxygen atoms in total. The van der Waals surface area contributed by atoms with E-state index in [-0.39, 0.29) is 19.5 Å². The SMILES string of the molecule is O=[N+]([O-])O.O=[N+]([O-])O.O=[N+]([O-])O.O=[N+]([O-])O.O=[N+]([O-])O.O=[N+]([O-])O.[Rh]. The fraction of sp³-hybridized carbons (Fsp3) is 0. The molecule has 0 aromatic heterocycles. The minimum Gasteiger partial charge on any atom is -0.328 e. The maximum atomic E-state index is 8.36. The van der Waals surface area contributed by atoms with Crippen LogP contribution in [0.5, 0.6) is 0 Å². The van der Waals surface area contributed by atoms with Gasteiger partial charge in [-0.2, -0.15) is 0 Å². The summed E-state index contributed by atoms with van der Waals surface area (Å²) in [5.74, 6) is 0. The monoisotopic (exact) mass is 481 g/mol. The Morgan fingerprint density at radius 2 is 0.360 bits per heavy atom. The van der Waals surface area contributed by atoms with Gasteiger partial charge in [0.25, 0.3) is 30.5 Å². The van der Waals surface area contributed by atoms with Crippen LogP contribution in [0.4, 0.5) is 0 Å². The van der Waals surface area contributed by atoms with Crippen LogP contribution in [0.15, 0.2) is 0 Å². The molecule has 0 bridgehead atoms. The average Bonchev–Trinajstić information content (AvgIpc) is 2.08. The van der Waals surface area contributed by atoms with Crippen LogP contribution in [0, 0.1) is 60.7 Å². The van der Waals surface area contributed by atoms with Crippen molar-refractivity contribution in [2.24, 2.45) is 0 Å². The molecule has 0 aromatic rings. The van der Waals surface area contributed by atoms with E-state index in [1.807, 2.05) is 0 Å². The Morgan fingerprint density at radius 3 is 0.360 bits per heavy atom. The molecule has 0 saturated heterocycles. The minimum atomic E-state index is -1.50. The standard InChI is InChI=1S/6HNO3.Rh/c6*2-1(3)4;/h6*(H,2,3,4);. The quantitative estimate of drug-likeness (QED) is 0.123. The average molecular weight is 481 g/mol. The van der Waals surface area contributed by atoms with Crippen LogP contribution >= 0.6 is 0 Å². The summed E-state index contributed by atoms with van der Waals surface area (Å²) in [7, 11) is 0. The molecule has 0 saturated carbocycles. The zero-order chi connectivity index (χ0) is 21.5. The molecular weight excluding hydrogens is 475 g/mol. The second kappa shape index (κ2) is 36.8. The van der Waals surface area contributed by atoms with Crippen molar-refractivity contribution >= 4 is 0 Å². The molecule has 0 aliphatic rings. The molecule has 25 heavy (non-hydrogen) atoms. The second-order valence-corrected chi connectivity index (χ2v) is 1.43. The first-order chi connectivity index (χ1) is 10.4. The molecule has 0 atom stereocenters. The molecule has 0 heterocycles. The third-order valence-electron chi connectivity index (χ3n) is 0. The minimum absolute atomic E-state index is 0. The van der Waals surface area contributed by atoms with Crippen LogP contribution in [-0.2, 0) is 19.5 Å². The largest absolute Gasteiger partial charge is 0.328 e. The first kappa shape index (κ1) is 42.8. The Bertz CT molecular complexity index is 257. The van der Waals surface area contributed by atoms with Gasteiger partial charge in [0.1, 0.15) is 0 Å². The Balaban J connectivity index is -0.0000000309. The van der Waals surface area contributed by atoms with Gasteiger partial charge in [0.05, 0.1) is 0 Å². The zero-order valence-electron chi connectivity index (χ0n) is 10.6. The fourth-order valence-corrected chi connectivity index (χ4v) is 0. The molecule has 1 radical (unpaired) electrons. The summed E-state index contributed by atoms with van der Waals surface area (Å²) in [6, 6.07) is 0. The van der Waals surface area contributed by atoms with Crippen molar-refractivity contribution in [3.8, 4) is 0 Å². The van der Waals surface area contributed by atoms with E-state index in [0.717, 1.165) is 0 Å². The van der Waals surface area contributed by atoms with Crippen molar-refractivity contribution in [3.63, 3.8) is 0 Å². The molecule has 0 aliphatic heterocycles. The Labute approximate surface area is 143 Å². The second-order valence-electron chi connectivity index (χ2n) is 1.43. The topological polar surface area (TPSA) is 380 Å². The Hall–Kier alpha value is -4.18. The van der Waals surface area contributed by atoms with Gasteiger partial charge in [-0.15, -0.1) is 60.7 Å². The Kier molecular flexibility index (Phi) is 63.0. The van der Waals surface area contributed by atoms with Crippen molar-refractivity contribution in [2.45, 2.75) is 0 Å². The number of rotatable bonds is 0. The molecule has 0 spiro atoms. The molecule has 0 aromatic carbocycles. The molecule has 153 valence electrons. The molecule has 0 rings (SSSR count). The van der Waals surface area contributed by atoms with Crippen LogP contribution < -0.4 is 0 Å². The van der Waals surface area contributed by atoms with Gasteiger partial charge < -0.3 is 31.2 Å². The van der Waals surface area contributed by atoms with Crippen LogP contribution in [0.25, 0.3) is 0 Å². The first-order valence-electron chi connectivity index (χ1n) is 3.39. The van der Waals surface area contributed by atoms with Gasteiger partial charge in [-0.05, 0) is 0 Å². The maximum Gasteiger partial charge on any atom is 0.291 e.